The highest BCUT2D eigenvalue weighted by atomic mass is 16.5. The topological polar surface area (TPSA) is 35.2 Å². The Labute approximate surface area is 110 Å². The second kappa shape index (κ2) is 4.93. The highest BCUT2D eigenvalue weighted by Gasteiger charge is 2.37. The molecule has 2 fully saturated rings. The van der Waals surface area contributed by atoms with E-state index >= 15 is 0 Å². The zero-order chi connectivity index (χ0) is 12.4. The van der Waals surface area contributed by atoms with E-state index in [9.17, 15) is 0 Å². The largest absolute Gasteiger partial charge is 0.490 e. The first kappa shape index (κ1) is 12.0. The minimum atomic E-state index is 0.245. The molecule has 0 amide bonds. The Kier molecular flexibility index (Phi) is 3.29. The predicted octanol–water partition coefficient (Wildman–Crippen LogP) is 3.39. The van der Waals surface area contributed by atoms with E-state index in [-0.39, 0.29) is 5.41 Å². The Morgan fingerprint density at radius 2 is 1.94 bits per heavy atom. The van der Waals surface area contributed by atoms with Gasteiger partial charge in [0.1, 0.15) is 5.75 Å². The van der Waals surface area contributed by atoms with E-state index in [1.54, 1.807) is 0 Å². The minimum absolute atomic E-state index is 0.245. The summed E-state index contributed by atoms with van der Waals surface area (Å²) in [5.74, 6) is 1.04. The molecule has 18 heavy (non-hydrogen) atoms. The third-order valence-electron chi connectivity index (χ3n) is 4.75. The van der Waals surface area contributed by atoms with Crippen molar-refractivity contribution in [3.8, 4) is 5.75 Å². The molecule has 0 atom stereocenters. The molecule has 1 aromatic carbocycles. The van der Waals surface area contributed by atoms with Crippen LogP contribution in [0, 0.1) is 0 Å². The smallest absolute Gasteiger partial charge is 0.120 e. The first-order valence-electron chi connectivity index (χ1n) is 7.30. The van der Waals surface area contributed by atoms with E-state index in [2.05, 4.69) is 24.3 Å². The molecular formula is C16H23NO. The maximum Gasteiger partial charge on any atom is 0.120 e. The van der Waals surface area contributed by atoms with Crippen molar-refractivity contribution >= 4 is 0 Å². The molecule has 0 spiro atoms. The lowest BCUT2D eigenvalue weighted by atomic mass is 9.64. The zero-order valence-corrected chi connectivity index (χ0v) is 11.0. The van der Waals surface area contributed by atoms with Gasteiger partial charge in [-0.15, -0.1) is 0 Å². The van der Waals surface area contributed by atoms with E-state index in [1.165, 1.54) is 50.5 Å². The van der Waals surface area contributed by atoms with E-state index in [0.717, 1.165) is 12.3 Å². The molecule has 0 heterocycles. The van der Waals surface area contributed by atoms with Gasteiger partial charge in [-0.25, -0.2) is 0 Å². The standard InChI is InChI=1S/C16H23NO/c17-12-16(9-4-10-16)13-5-3-8-15(11-13)18-14-6-1-2-7-14/h3,5,8,11,14H,1-2,4,6-7,9-10,12,17H2. The number of rotatable bonds is 4. The maximum absolute atomic E-state index is 6.08. The van der Waals surface area contributed by atoms with Crippen molar-refractivity contribution in [2.24, 2.45) is 5.73 Å². The normalized spacial score (nSPS) is 22.7. The van der Waals surface area contributed by atoms with Gasteiger partial charge in [0.25, 0.3) is 0 Å². The third-order valence-corrected chi connectivity index (χ3v) is 4.75. The van der Waals surface area contributed by atoms with Gasteiger partial charge in [-0.1, -0.05) is 18.6 Å². The molecule has 2 heteroatoms. The molecule has 2 N–H and O–H groups in total. The van der Waals surface area contributed by atoms with Crippen LogP contribution in [0.1, 0.15) is 50.5 Å². The minimum Gasteiger partial charge on any atom is -0.490 e. The van der Waals surface area contributed by atoms with Crippen LogP contribution in [0.3, 0.4) is 0 Å². The van der Waals surface area contributed by atoms with Crippen molar-refractivity contribution in [3.05, 3.63) is 29.8 Å². The number of nitrogens with two attached hydrogens (primary N) is 1. The van der Waals surface area contributed by atoms with Gasteiger partial charge in [0.15, 0.2) is 0 Å². The molecule has 1 aromatic rings. The average Bonchev–Trinajstić information content (AvgIpc) is 2.82. The van der Waals surface area contributed by atoms with Crippen LogP contribution in [0.5, 0.6) is 5.75 Å². The Hall–Kier alpha value is -1.02. The molecule has 0 bridgehead atoms. The lowest BCUT2D eigenvalue weighted by Crippen LogP contribution is -2.41. The van der Waals surface area contributed by atoms with Gasteiger partial charge >= 0.3 is 0 Å². The van der Waals surface area contributed by atoms with Crippen molar-refractivity contribution in [1.82, 2.24) is 0 Å². The Bertz CT molecular complexity index is 400. The van der Waals surface area contributed by atoms with Gasteiger partial charge in [0, 0.05) is 12.0 Å². The quantitative estimate of drug-likeness (QED) is 0.882. The van der Waals surface area contributed by atoms with E-state index in [4.69, 9.17) is 10.5 Å². The van der Waals surface area contributed by atoms with Crippen molar-refractivity contribution in [1.29, 1.82) is 0 Å². The van der Waals surface area contributed by atoms with Gasteiger partial charge in [0.2, 0.25) is 0 Å². The summed E-state index contributed by atoms with van der Waals surface area (Å²) in [6, 6.07) is 8.65. The molecule has 2 nitrogen and oxygen atoms in total. The number of hydrogen-bond acceptors (Lipinski definition) is 2. The summed E-state index contributed by atoms with van der Waals surface area (Å²) in [5, 5.41) is 0. The van der Waals surface area contributed by atoms with Crippen molar-refractivity contribution < 1.29 is 4.74 Å². The molecule has 0 aromatic heterocycles. The molecule has 3 rings (SSSR count). The SMILES string of the molecule is NCC1(c2cccc(OC3CCCC3)c2)CCC1. The van der Waals surface area contributed by atoms with Gasteiger partial charge in [-0.3, -0.25) is 0 Å². The summed E-state index contributed by atoms with van der Waals surface area (Å²) < 4.78 is 6.08. The van der Waals surface area contributed by atoms with Crippen LogP contribution in [-0.2, 0) is 5.41 Å². The first-order valence-corrected chi connectivity index (χ1v) is 7.30. The van der Waals surface area contributed by atoms with E-state index < -0.39 is 0 Å². The van der Waals surface area contributed by atoms with Crippen molar-refractivity contribution in [3.63, 3.8) is 0 Å². The Morgan fingerprint density at radius 3 is 2.56 bits per heavy atom. The fourth-order valence-electron chi connectivity index (χ4n) is 3.31. The van der Waals surface area contributed by atoms with Crippen LogP contribution in [-0.4, -0.2) is 12.6 Å². The summed E-state index contributed by atoms with van der Waals surface area (Å²) in [4.78, 5) is 0. The van der Waals surface area contributed by atoms with Gasteiger partial charge < -0.3 is 10.5 Å². The second-order valence-corrected chi connectivity index (χ2v) is 5.89. The van der Waals surface area contributed by atoms with Crippen LogP contribution < -0.4 is 10.5 Å². The Morgan fingerprint density at radius 1 is 1.17 bits per heavy atom. The lowest BCUT2D eigenvalue weighted by molar-refractivity contribution is 0.207. The van der Waals surface area contributed by atoms with Gasteiger partial charge in [0.05, 0.1) is 6.10 Å². The lowest BCUT2D eigenvalue weighted by Gasteiger charge is -2.41. The monoisotopic (exact) mass is 245 g/mol. The van der Waals surface area contributed by atoms with Crippen LogP contribution in [0.15, 0.2) is 24.3 Å². The van der Waals surface area contributed by atoms with Crippen LogP contribution in [0.25, 0.3) is 0 Å². The zero-order valence-electron chi connectivity index (χ0n) is 11.0. The number of hydrogen-bond donors (Lipinski definition) is 1. The first-order chi connectivity index (χ1) is 8.82. The fourth-order valence-corrected chi connectivity index (χ4v) is 3.31. The average molecular weight is 245 g/mol. The molecule has 2 aliphatic carbocycles. The van der Waals surface area contributed by atoms with Crippen molar-refractivity contribution in [2.45, 2.75) is 56.5 Å². The fraction of sp³-hybridized carbons (Fsp3) is 0.625. The van der Waals surface area contributed by atoms with Crippen LogP contribution in [0.2, 0.25) is 0 Å². The highest BCUT2D eigenvalue weighted by Crippen LogP contribution is 2.43. The molecule has 0 radical (unpaired) electrons. The molecular weight excluding hydrogens is 222 g/mol. The molecule has 2 saturated carbocycles. The molecule has 0 saturated heterocycles. The summed E-state index contributed by atoms with van der Waals surface area (Å²) in [6.07, 6.45) is 9.28. The van der Waals surface area contributed by atoms with Crippen LogP contribution in [0.4, 0.5) is 0 Å². The van der Waals surface area contributed by atoms with Gasteiger partial charge in [-0.2, -0.15) is 0 Å². The molecule has 0 unspecified atom stereocenters. The highest BCUT2D eigenvalue weighted by molar-refractivity contribution is 5.36. The number of ether oxygens (including phenoxy) is 1. The third kappa shape index (κ3) is 2.14. The predicted molar refractivity (Wildman–Crippen MR) is 73.9 cm³/mol. The molecule has 2 aliphatic rings. The maximum atomic E-state index is 6.08. The van der Waals surface area contributed by atoms with E-state index in [1.807, 2.05) is 0 Å². The summed E-state index contributed by atoms with van der Waals surface area (Å²) in [6.45, 7) is 0.764. The van der Waals surface area contributed by atoms with Gasteiger partial charge in [-0.05, 0) is 56.2 Å². The summed E-state index contributed by atoms with van der Waals surface area (Å²) in [5.41, 5.74) is 7.60. The van der Waals surface area contributed by atoms with Crippen molar-refractivity contribution in [2.75, 3.05) is 6.54 Å². The summed E-state index contributed by atoms with van der Waals surface area (Å²) >= 11 is 0. The molecule has 98 valence electrons. The second-order valence-electron chi connectivity index (χ2n) is 5.89. The number of benzene rings is 1. The summed E-state index contributed by atoms with van der Waals surface area (Å²) in [7, 11) is 0. The Balaban J connectivity index is 1.76. The van der Waals surface area contributed by atoms with Crippen LogP contribution >= 0.6 is 0 Å². The molecule has 0 aliphatic heterocycles. The van der Waals surface area contributed by atoms with E-state index in [0.29, 0.717) is 6.10 Å².